The SMILES string of the molecule is Cc1cc(-c2[c-]ccc3c2sc2cccc(-c4ccccc4)c23)ncc1-c1ccccc1.[CH3][Ge]([CH3])([CH3])[c]1ccc(-c2[c-]cccc2)nc1.[Ir]. The van der Waals surface area contributed by atoms with Gasteiger partial charge in [-0.25, -0.2) is 0 Å². The molecule has 8 rings (SSSR count). The van der Waals surface area contributed by atoms with Gasteiger partial charge >= 0.3 is 99.8 Å². The van der Waals surface area contributed by atoms with Gasteiger partial charge < -0.3 is 4.98 Å². The van der Waals surface area contributed by atoms with E-state index in [4.69, 9.17) is 4.98 Å². The summed E-state index contributed by atoms with van der Waals surface area (Å²) in [6, 6.07) is 53.0. The average molecular weight is 890 g/mol. The Bertz CT molecular complexity index is 2310. The molecule has 0 saturated carbocycles. The van der Waals surface area contributed by atoms with E-state index in [1.54, 1.807) is 0 Å². The van der Waals surface area contributed by atoms with Gasteiger partial charge in [-0.15, -0.1) is 23.8 Å². The third kappa shape index (κ3) is 7.54. The molecule has 1 radical (unpaired) electrons. The fourth-order valence-corrected chi connectivity index (χ4v) is 9.41. The summed E-state index contributed by atoms with van der Waals surface area (Å²) in [4.78, 5) is 9.39. The van der Waals surface area contributed by atoms with Crippen molar-refractivity contribution in [1.29, 1.82) is 0 Å². The first-order valence-corrected chi connectivity index (χ1v) is 24.4. The second-order valence-corrected chi connectivity index (χ2v) is 24.7. The van der Waals surface area contributed by atoms with Crippen molar-refractivity contribution in [2.45, 2.75) is 24.2 Å². The zero-order valence-electron chi connectivity index (χ0n) is 28.0. The van der Waals surface area contributed by atoms with E-state index in [1.165, 1.54) is 52.4 Å². The van der Waals surface area contributed by atoms with E-state index in [2.05, 4.69) is 138 Å². The number of pyridine rings is 2. The number of hydrogen-bond donors (Lipinski definition) is 0. The van der Waals surface area contributed by atoms with Crippen LogP contribution in [0.25, 0.3) is 64.9 Å². The third-order valence-corrected chi connectivity index (χ3v) is 14.1. The molecule has 3 heterocycles. The fourth-order valence-electron chi connectivity index (χ4n) is 6.00. The van der Waals surface area contributed by atoms with Gasteiger partial charge in [-0.1, -0.05) is 84.2 Å². The molecule has 0 N–H and O–H groups in total. The average Bonchev–Trinajstić information content (AvgIpc) is 3.52. The van der Waals surface area contributed by atoms with Crippen molar-refractivity contribution >= 4 is 49.2 Å². The summed E-state index contributed by atoms with van der Waals surface area (Å²) in [5.74, 6) is 7.14. The summed E-state index contributed by atoms with van der Waals surface area (Å²) < 4.78 is 3.98. The Labute approximate surface area is 309 Å². The molecule has 0 unspecified atom stereocenters. The Hall–Kier alpha value is -4.19. The van der Waals surface area contributed by atoms with Crippen LogP contribution in [0.1, 0.15) is 5.56 Å². The summed E-state index contributed by atoms with van der Waals surface area (Å²) in [5.41, 5.74) is 10.2. The van der Waals surface area contributed by atoms with Crippen LogP contribution in [0.2, 0.25) is 17.3 Å². The molecule has 5 heteroatoms. The normalized spacial score (nSPS) is 11.1. The molecule has 0 atom stereocenters. The van der Waals surface area contributed by atoms with E-state index in [0.29, 0.717) is 0 Å². The van der Waals surface area contributed by atoms with Crippen LogP contribution in [0.5, 0.6) is 0 Å². The van der Waals surface area contributed by atoms with Gasteiger partial charge in [0.05, 0.1) is 0 Å². The first kappa shape index (κ1) is 34.7. The molecule has 0 bridgehead atoms. The predicted octanol–water partition coefficient (Wildman–Crippen LogP) is 11.7. The first-order valence-electron chi connectivity index (χ1n) is 16.2. The van der Waals surface area contributed by atoms with Gasteiger partial charge in [0.1, 0.15) is 0 Å². The van der Waals surface area contributed by atoms with Gasteiger partial charge in [0, 0.05) is 36.6 Å². The minimum atomic E-state index is -1.72. The molecule has 8 aromatic rings. The van der Waals surface area contributed by atoms with Crippen LogP contribution in [-0.2, 0) is 20.1 Å². The maximum Gasteiger partial charge on any atom is 0 e. The Morgan fingerprint density at radius 3 is 1.94 bits per heavy atom. The topological polar surface area (TPSA) is 25.8 Å². The number of hydrogen-bond acceptors (Lipinski definition) is 3. The second kappa shape index (κ2) is 15.1. The Kier molecular flexibility index (Phi) is 10.7. The summed E-state index contributed by atoms with van der Waals surface area (Å²) in [7, 11) is 0. The van der Waals surface area contributed by atoms with E-state index < -0.39 is 13.3 Å². The standard InChI is InChI=1S/C30H20NS.C14H16GeN.Ir/c1-20-18-27(31-19-26(20)22-12-6-3-7-13-22)24-15-8-16-25-29-23(21-10-4-2-5-11-21)14-9-17-28(29)32-30(24)25;1-15(2,3)13-9-10-14(16-11-13)12-7-5-4-6-8-12;/h2-14,16-19H,1H3;4-7,9-11H,1-3H3;/q2*-1;. The Balaban J connectivity index is 0.000000208. The van der Waals surface area contributed by atoms with Crippen LogP contribution in [0.4, 0.5) is 0 Å². The Morgan fingerprint density at radius 1 is 0.612 bits per heavy atom. The fraction of sp³-hybridized carbons (Fsp3) is 0.0909. The summed E-state index contributed by atoms with van der Waals surface area (Å²) in [6.07, 6.45) is 4.03. The maximum absolute atomic E-state index is 4.86. The largest absolute Gasteiger partial charge is 0 e. The minimum absolute atomic E-state index is 0. The van der Waals surface area contributed by atoms with Crippen molar-refractivity contribution in [3.63, 3.8) is 0 Å². The van der Waals surface area contributed by atoms with Crippen LogP contribution in [-0.4, -0.2) is 23.2 Å². The molecule has 0 aliphatic carbocycles. The molecule has 2 nitrogen and oxygen atoms in total. The minimum Gasteiger partial charge on any atom is 0 e. The molecule has 0 aliphatic rings. The molecule has 0 fully saturated rings. The van der Waals surface area contributed by atoms with Crippen LogP contribution < -0.4 is 4.40 Å². The number of nitrogens with zero attached hydrogens (tertiary/aromatic N) is 2. The van der Waals surface area contributed by atoms with Gasteiger partial charge in [-0.3, -0.25) is 0 Å². The third-order valence-electron chi connectivity index (χ3n) is 8.61. The molecule has 5 aromatic carbocycles. The molecule has 0 amide bonds. The molecule has 3 aromatic heterocycles. The van der Waals surface area contributed by atoms with E-state index in [0.717, 1.165) is 22.5 Å². The Morgan fingerprint density at radius 2 is 1.31 bits per heavy atom. The van der Waals surface area contributed by atoms with Crippen molar-refractivity contribution in [1.82, 2.24) is 9.97 Å². The number of aromatic nitrogens is 2. The van der Waals surface area contributed by atoms with Gasteiger partial charge in [0.2, 0.25) is 0 Å². The maximum atomic E-state index is 4.86. The van der Waals surface area contributed by atoms with Gasteiger partial charge in [0.15, 0.2) is 0 Å². The predicted molar refractivity (Wildman–Crippen MR) is 208 cm³/mol. The summed E-state index contributed by atoms with van der Waals surface area (Å²) in [5, 5.41) is 2.58. The second-order valence-electron chi connectivity index (χ2n) is 13.0. The molecule has 0 saturated heterocycles. The zero-order valence-corrected chi connectivity index (χ0v) is 33.3. The smallest absolute Gasteiger partial charge is 0 e. The molecule has 0 spiro atoms. The molecular weight excluding hydrogens is 853 g/mol. The number of aryl methyl sites for hydroxylation is 1. The number of rotatable bonds is 5. The molecule has 243 valence electrons. The van der Waals surface area contributed by atoms with E-state index >= 15 is 0 Å². The number of fused-ring (bicyclic) bond motifs is 3. The van der Waals surface area contributed by atoms with Crippen molar-refractivity contribution in [2.24, 2.45) is 0 Å². The monoisotopic (exact) mass is 891 g/mol. The van der Waals surface area contributed by atoms with Crippen molar-refractivity contribution in [2.75, 3.05) is 0 Å². The van der Waals surface area contributed by atoms with Crippen LogP contribution >= 0.6 is 11.3 Å². The molecule has 0 aliphatic heterocycles. The summed E-state index contributed by atoms with van der Waals surface area (Å²) in [6.45, 7) is 2.16. The molecular formula is C44H36GeIrN2S-2. The van der Waals surface area contributed by atoms with Crippen LogP contribution in [0, 0.1) is 19.1 Å². The van der Waals surface area contributed by atoms with Crippen molar-refractivity contribution in [3.05, 3.63) is 164 Å². The van der Waals surface area contributed by atoms with Gasteiger partial charge in [0.25, 0.3) is 0 Å². The van der Waals surface area contributed by atoms with E-state index in [9.17, 15) is 0 Å². The van der Waals surface area contributed by atoms with Gasteiger partial charge in [-0.2, -0.15) is 11.3 Å². The number of benzene rings is 5. The van der Waals surface area contributed by atoms with Crippen LogP contribution in [0.15, 0.2) is 146 Å². The summed E-state index contributed by atoms with van der Waals surface area (Å²) >= 11 is 0.111. The van der Waals surface area contributed by atoms with Crippen molar-refractivity contribution in [3.8, 4) is 44.8 Å². The van der Waals surface area contributed by atoms with E-state index in [1.807, 2.05) is 60.1 Å². The van der Waals surface area contributed by atoms with Crippen molar-refractivity contribution < 1.29 is 20.1 Å². The molecule has 49 heavy (non-hydrogen) atoms. The quantitative estimate of drug-likeness (QED) is 0.127. The number of thiophene rings is 1. The zero-order chi connectivity index (χ0) is 33.1. The first-order chi connectivity index (χ1) is 23.4. The van der Waals surface area contributed by atoms with Gasteiger partial charge in [-0.05, 0) is 51.0 Å². The van der Waals surface area contributed by atoms with Crippen LogP contribution in [0.3, 0.4) is 0 Å². The van der Waals surface area contributed by atoms with E-state index in [-0.39, 0.29) is 20.1 Å².